The third-order valence-corrected chi connectivity index (χ3v) is 2.07. The predicted octanol–water partition coefficient (Wildman–Crippen LogP) is 5.55. The molecule has 2 aromatic rings. The highest BCUT2D eigenvalue weighted by molar-refractivity contribution is 5.36. The van der Waals surface area contributed by atoms with Crippen LogP contribution in [0.15, 0.2) is 48.5 Å². The smallest absolute Gasteiger partial charge is 0.131 e. The Balaban J connectivity index is 0.000000741. The van der Waals surface area contributed by atoms with Gasteiger partial charge in [0.05, 0.1) is 0 Å². The maximum absolute atomic E-state index is 9.26. The first kappa shape index (κ1) is 17.0. The standard InChI is InChI=1S/C13H12O2.2C2H6/c1-10-5-7-12(8-6-10)15-13-4-2-3-11(14)9-13;2*1-2/h2-9,14H,1H3;2*1-2H3. The lowest BCUT2D eigenvalue weighted by Crippen LogP contribution is -1.83. The lowest BCUT2D eigenvalue weighted by molar-refractivity contribution is 0.455. The second-order valence-corrected chi connectivity index (χ2v) is 3.41. The predicted molar refractivity (Wildman–Crippen MR) is 82.1 cm³/mol. The maximum Gasteiger partial charge on any atom is 0.131 e. The second-order valence-electron chi connectivity index (χ2n) is 3.41. The van der Waals surface area contributed by atoms with E-state index in [0.717, 1.165) is 5.75 Å². The zero-order valence-electron chi connectivity index (χ0n) is 12.5. The van der Waals surface area contributed by atoms with E-state index < -0.39 is 0 Å². The van der Waals surface area contributed by atoms with Crippen LogP contribution in [0.3, 0.4) is 0 Å². The minimum atomic E-state index is 0.208. The third kappa shape index (κ3) is 6.51. The van der Waals surface area contributed by atoms with E-state index in [4.69, 9.17) is 4.74 Å². The highest BCUT2D eigenvalue weighted by atomic mass is 16.5. The van der Waals surface area contributed by atoms with E-state index in [9.17, 15) is 5.11 Å². The Labute approximate surface area is 116 Å². The Morgan fingerprint density at radius 2 is 1.37 bits per heavy atom. The monoisotopic (exact) mass is 260 g/mol. The molecule has 0 heterocycles. The molecule has 2 nitrogen and oxygen atoms in total. The number of rotatable bonds is 2. The zero-order chi connectivity index (χ0) is 14.7. The van der Waals surface area contributed by atoms with E-state index in [1.54, 1.807) is 24.3 Å². The highest BCUT2D eigenvalue weighted by Gasteiger charge is 1.97. The third-order valence-electron chi connectivity index (χ3n) is 2.07. The van der Waals surface area contributed by atoms with Crippen LogP contribution in [-0.2, 0) is 0 Å². The van der Waals surface area contributed by atoms with Gasteiger partial charge in [-0.3, -0.25) is 0 Å². The van der Waals surface area contributed by atoms with Gasteiger partial charge in [-0.15, -0.1) is 0 Å². The summed E-state index contributed by atoms with van der Waals surface area (Å²) < 4.78 is 5.55. The topological polar surface area (TPSA) is 29.5 Å². The Bertz CT molecular complexity index is 447. The van der Waals surface area contributed by atoms with E-state index in [1.165, 1.54) is 5.56 Å². The first-order valence-corrected chi connectivity index (χ1v) is 6.77. The van der Waals surface area contributed by atoms with E-state index in [1.807, 2.05) is 58.9 Å². The van der Waals surface area contributed by atoms with Gasteiger partial charge in [0.1, 0.15) is 17.2 Å². The van der Waals surface area contributed by atoms with Gasteiger partial charge >= 0.3 is 0 Å². The molecule has 0 atom stereocenters. The number of hydrogen-bond donors (Lipinski definition) is 1. The van der Waals surface area contributed by atoms with Crippen molar-refractivity contribution in [1.29, 1.82) is 0 Å². The molecule has 0 amide bonds. The molecule has 0 unspecified atom stereocenters. The number of benzene rings is 2. The van der Waals surface area contributed by atoms with Crippen molar-refractivity contribution in [2.24, 2.45) is 0 Å². The van der Waals surface area contributed by atoms with Gasteiger partial charge in [0.25, 0.3) is 0 Å². The van der Waals surface area contributed by atoms with Crippen molar-refractivity contribution in [2.75, 3.05) is 0 Å². The Morgan fingerprint density at radius 3 is 1.89 bits per heavy atom. The van der Waals surface area contributed by atoms with Crippen molar-refractivity contribution in [3.8, 4) is 17.2 Å². The second kappa shape index (κ2) is 10.0. The molecule has 0 saturated carbocycles. The zero-order valence-corrected chi connectivity index (χ0v) is 12.5. The summed E-state index contributed by atoms with van der Waals surface area (Å²) in [6.45, 7) is 10.0. The molecule has 0 spiro atoms. The lowest BCUT2D eigenvalue weighted by Gasteiger charge is -2.05. The summed E-state index contributed by atoms with van der Waals surface area (Å²) in [6.07, 6.45) is 0. The summed E-state index contributed by atoms with van der Waals surface area (Å²) in [4.78, 5) is 0. The van der Waals surface area contributed by atoms with Crippen molar-refractivity contribution in [3.63, 3.8) is 0 Å². The number of aryl methyl sites for hydroxylation is 1. The summed E-state index contributed by atoms with van der Waals surface area (Å²) in [5, 5.41) is 9.26. The summed E-state index contributed by atoms with van der Waals surface area (Å²) in [5.74, 6) is 1.62. The molecule has 19 heavy (non-hydrogen) atoms. The molecule has 2 heteroatoms. The summed E-state index contributed by atoms with van der Waals surface area (Å²) in [7, 11) is 0. The molecule has 2 aromatic carbocycles. The summed E-state index contributed by atoms with van der Waals surface area (Å²) in [5.41, 5.74) is 1.19. The fourth-order valence-electron chi connectivity index (χ4n) is 1.29. The van der Waals surface area contributed by atoms with Gasteiger partial charge < -0.3 is 9.84 Å². The van der Waals surface area contributed by atoms with Crippen LogP contribution >= 0.6 is 0 Å². The largest absolute Gasteiger partial charge is 0.508 e. The molecule has 104 valence electrons. The normalized spacial score (nSPS) is 8.47. The van der Waals surface area contributed by atoms with Crippen LogP contribution in [0, 0.1) is 6.92 Å². The van der Waals surface area contributed by atoms with Gasteiger partial charge in [-0.1, -0.05) is 51.5 Å². The molecule has 0 aliphatic rings. The molecule has 0 saturated heterocycles. The van der Waals surface area contributed by atoms with Crippen LogP contribution in [0.5, 0.6) is 17.2 Å². The van der Waals surface area contributed by atoms with Crippen LogP contribution in [0.25, 0.3) is 0 Å². The maximum atomic E-state index is 9.26. The number of aromatic hydroxyl groups is 1. The van der Waals surface area contributed by atoms with Crippen LogP contribution in [-0.4, -0.2) is 5.11 Å². The fourth-order valence-corrected chi connectivity index (χ4v) is 1.29. The van der Waals surface area contributed by atoms with Gasteiger partial charge in [-0.2, -0.15) is 0 Å². The van der Waals surface area contributed by atoms with Crippen molar-refractivity contribution in [3.05, 3.63) is 54.1 Å². The minimum Gasteiger partial charge on any atom is -0.508 e. The quantitative estimate of drug-likeness (QED) is 0.767. The Kier molecular flexibility index (Phi) is 8.98. The van der Waals surface area contributed by atoms with Crippen LogP contribution < -0.4 is 4.74 Å². The average Bonchev–Trinajstić information content (AvgIpc) is 2.46. The Morgan fingerprint density at radius 1 is 0.789 bits per heavy atom. The fraction of sp³-hybridized carbons (Fsp3) is 0.294. The van der Waals surface area contributed by atoms with E-state index >= 15 is 0 Å². The highest BCUT2D eigenvalue weighted by Crippen LogP contribution is 2.24. The van der Waals surface area contributed by atoms with Gasteiger partial charge in [0, 0.05) is 6.07 Å². The summed E-state index contributed by atoms with van der Waals surface area (Å²) in [6, 6.07) is 14.5. The molecular formula is C17H24O2. The molecule has 0 aliphatic carbocycles. The molecule has 0 aliphatic heterocycles. The van der Waals surface area contributed by atoms with Gasteiger partial charge in [-0.25, -0.2) is 0 Å². The van der Waals surface area contributed by atoms with Crippen LogP contribution in [0.1, 0.15) is 33.3 Å². The van der Waals surface area contributed by atoms with Crippen molar-refractivity contribution in [2.45, 2.75) is 34.6 Å². The average molecular weight is 260 g/mol. The SMILES string of the molecule is CC.CC.Cc1ccc(Oc2cccc(O)c2)cc1. The lowest BCUT2D eigenvalue weighted by atomic mass is 10.2. The molecule has 1 N–H and O–H groups in total. The van der Waals surface area contributed by atoms with Gasteiger partial charge in [0.15, 0.2) is 0 Å². The molecule has 0 aromatic heterocycles. The first-order chi connectivity index (χ1) is 9.24. The van der Waals surface area contributed by atoms with Crippen LogP contribution in [0.2, 0.25) is 0 Å². The van der Waals surface area contributed by atoms with Gasteiger partial charge in [-0.05, 0) is 31.2 Å². The molecular weight excluding hydrogens is 236 g/mol. The molecule has 0 fully saturated rings. The van der Waals surface area contributed by atoms with E-state index in [2.05, 4.69) is 0 Å². The van der Waals surface area contributed by atoms with Crippen LogP contribution in [0.4, 0.5) is 0 Å². The Hall–Kier alpha value is -1.96. The van der Waals surface area contributed by atoms with Crippen molar-refractivity contribution in [1.82, 2.24) is 0 Å². The van der Waals surface area contributed by atoms with E-state index in [0.29, 0.717) is 5.75 Å². The summed E-state index contributed by atoms with van der Waals surface area (Å²) >= 11 is 0. The number of phenols is 1. The van der Waals surface area contributed by atoms with E-state index in [-0.39, 0.29) is 5.75 Å². The first-order valence-electron chi connectivity index (χ1n) is 6.77. The van der Waals surface area contributed by atoms with Gasteiger partial charge in [0.2, 0.25) is 0 Å². The number of hydrogen-bond acceptors (Lipinski definition) is 2. The van der Waals surface area contributed by atoms with Crippen molar-refractivity contribution < 1.29 is 9.84 Å². The van der Waals surface area contributed by atoms with Crippen molar-refractivity contribution >= 4 is 0 Å². The minimum absolute atomic E-state index is 0.208. The number of ether oxygens (including phenoxy) is 1. The molecule has 2 rings (SSSR count). The number of phenolic OH excluding ortho intramolecular Hbond substituents is 1. The molecule has 0 radical (unpaired) electrons. The molecule has 0 bridgehead atoms.